The van der Waals surface area contributed by atoms with Crippen molar-refractivity contribution in [1.82, 2.24) is 4.98 Å². The van der Waals surface area contributed by atoms with Gasteiger partial charge in [0.05, 0.1) is 5.52 Å². The monoisotopic (exact) mass is 235 g/mol. The molecule has 0 spiro atoms. The smallest absolute Gasteiger partial charge is 0.0708 e. The topological polar surface area (TPSA) is 12.9 Å². The maximum atomic E-state index is 4.50. The third-order valence-electron chi connectivity index (χ3n) is 3.47. The molecule has 1 aromatic heterocycles. The molecule has 0 unspecified atom stereocenters. The normalized spacial score (nSPS) is 11.2. The van der Waals surface area contributed by atoms with Crippen molar-refractivity contribution in [3.8, 4) is 0 Å². The van der Waals surface area contributed by atoms with Gasteiger partial charge in [-0.05, 0) is 29.9 Å². The lowest BCUT2D eigenvalue weighted by molar-refractivity contribution is 0.796. The molecular formula is C17H17N. The summed E-state index contributed by atoms with van der Waals surface area (Å²) in [7, 11) is 0. The predicted octanol–water partition coefficient (Wildman–Crippen LogP) is 4.73. The summed E-state index contributed by atoms with van der Waals surface area (Å²) in [5.74, 6) is 0. The summed E-state index contributed by atoms with van der Waals surface area (Å²) in [6.45, 7) is 2.24. The Kier molecular flexibility index (Phi) is 2.97. The van der Waals surface area contributed by atoms with Gasteiger partial charge in [0.15, 0.2) is 0 Å². The molecule has 0 aliphatic heterocycles. The highest BCUT2D eigenvalue weighted by atomic mass is 14.6. The van der Waals surface area contributed by atoms with Crippen LogP contribution in [0.2, 0.25) is 0 Å². The quantitative estimate of drug-likeness (QED) is 0.598. The first-order chi connectivity index (χ1) is 8.88. The fourth-order valence-corrected chi connectivity index (χ4v) is 2.44. The van der Waals surface area contributed by atoms with Crippen LogP contribution in [-0.4, -0.2) is 4.98 Å². The summed E-state index contributed by atoms with van der Waals surface area (Å²) >= 11 is 0. The van der Waals surface area contributed by atoms with E-state index in [9.17, 15) is 0 Å². The van der Waals surface area contributed by atoms with Gasteiger partial charge in [0, 0.05) is 17.0 Å². The molecule has 0 N–H and O–H groups in total. The lowest BCUT2D eigenvalue weighted by Gasteiger charge is -2.06. The second kappa shape index (κ2) is 4.77. The van der Waals surface area contributed by atoms with Crippen LogP contribution in [0.5, 0.6) is 0 Å². The third-order valence-corrected chi connectivity index (χ3v) is 3.47. The van der Waals surface area contributed by atoms with Gasteiger partial charge in [-0.15, -0.1) is 0 Å². The Morgan fingerprint density at radius 2 is 1.89 bits per heavy atom. The maximum absolute atomic E-state index is 4.50. The van der Waals surface area contributed by atoms with Gasteiger partial charge in [0.1, 0.15) is 0 Å². The Balaban J connectivity index is 2.20. The second-order valence-corrected chi connectivity index (χ2v) is 4.80. The second-order valence-electron chi connectivity index (χ2n) is 4.80. The number of benzene rings is 2. The van der Waals surface area contributed by atoms with Crippen molar-refractivity contribution < 1.29 is 0 Å². The summed E-state index contributed by atoms with van der Waals surface area (Å²) in [6, 6.07) is 15.1. The van der Waals surface area contributed by atoms with Gasteiger partial charge in [-0.25, -0.2) is 0 Å². The number of pyridine rings is 1. The Bertz CT molecular complexity index is 685. The molecule has 3 aromatic rings. The first-order valence-corrected chi connectivity index (χ1v) is 6.65. The first-order valence-electron chi connectivity index (χ1n) is 6.65. The molecule has 0 saturated carbocycles. The van der Waals surface area contributed by atoms with Gasteiger partial charge in [0.2, 0.25) is 0 Å². The number of aryl methyl sites for hydroxylation is 1. The fourth-order valence-electron chi connectivity index (χ4n) is 2.44. The van der Waals surface area contributed by atoms with E-state index < -0.39 is 0 Å². The van der Waals surface area contributed by atoms with Crippen molar-refractivity contribution in [3.63, 3.8) is 0 Å². The van der Waals surface area contributed by atoms with Crippen LogP contribution in [0.4, 0.5) is 0 Å². The number of unbranched alkanes of at least 4 members (excludes halogenated alkanes) is 1. The maximum Gasteiger partial charge on any atom is 0.0708 e. The Morgan fingerprint density at radius 3 is 2.78 bits per heavy atom. The van der Waals surface area contributed by atoms with Gasteiger partial charge >= 0.3 is 0 Å². The highest BCUT2D eigenvalue weighted by Crippen LogP contribution is 2.24. The minimum Gasteiger partial charge on any atom is -0.256 e. The van der Waals surface area contributed by atoms with Crippen LogP contribution in [0, 0.1) is 0 Å². The molecule has 1 nitrogen and oxygen atoms in total. The first kappa shape index (κ1) is 11.2. The Hall–Kier alpha value is -1.89. The van der Waals surface area contributed by atoms with E-state index in [0.29, 0.717) is 0 Å². The summed E-state index contributed by atoms with van der Waals surface area (Å²) in [6.07, 6.45) is 5.65. The molecule has 0 amide bonds. The van der Waals surface area contributed by atoms with Gasteiger partial charge in [-0.1, -0.05) is 49.7 Å². The van der Waals surface area contributed by atoms with Crippen LogP contribution < -0.4 is 0 Å². The van der Waals surface area contributed by atoms with Crippen molar-refractivity contribution in [1.29, 1.82) is 0 Å². The zero-order chi connectivity index (χ0) is 12.4. The summed E-state index contributed by atoms with van der Waals surface area (Å²) in [5.41, 5.74) is 2.51. The van der Waals surface area contributed by atoms with E-state index in [-0.39, 0.29) is 0 Å². The number of hydrogen-bond acceptors (Lipinski definition) is 1. The molecule has 0 bridgehead atoms. The molecule has 90 valence electrons. The Morgan fingerprint density at radius 1 is 1.00 bits per heavy atom. The molecule has 0 aliphatic rings. The van der Waals surface area contributed by atoms with Gasteiger partial charge in [0.25, 0.3) is 0 Å². The molecule has 0 saturated heterocycles. The van der Waals surface area contributed by atoms with Crippen molar-refractivity contribution >= 4 is 21.7 Å². The minimum atomic E-state index is 1.08. The summed E-state index contributed by atoms with van der Waals surface area (Å²) < 4.78 is 0. The fraction of sp³-hybridized carbons (Fsp3) is 0.235. The van der Waals surface area contributed by atoms with Crippen LogP contribution >= 0.6 is 0 Å². The number of para-hydroxylation sites is 1. The van der Waals surface area contributed by atoms with E-state index in [1.54, 1.807) is 0 Å². The SMILES string of the molecule is CCCCc1ccc2cnc3ccccc3c2c1. The average molecular weight is 235 g/mol. The number of aromatic nitrogens is 1. The van der Waals surface area contributed by atoms with Crippen LogP contribution in [-0.2, 0) is 6.42 Å². The molecule has 0 radical (unpaired) electrons. The number of rotatable bonds is 3. The largest absolute Gasteiger partial charge is 0.256 e. The Labute approximate surface area is 107 Å². The van der Waals surface area contributed by atoms with Crippen LogP contribution in [0.15, 0.2) is 48.7 Å². The lowest BCUT2D eigenvalue weighted by Crippen LogP contribution is -1.87. The molecular weight excluding hydrogens is 218 g/mol. The highest BCUT2D eigenvalue weighted by Gasteiger charge is 2.02. The molecule has 2 aromatic carbocycles. The number of nitrogens with zero attached hydrogens (tertiary/aromatic N) is 1. The van der Waals surface area contributed by atoms with E-state index in [4.69, 9.17) is 0 Å². The van der Waals surface area contributed by atoms with E-state index in [0.717, 1.165) is 5.52 Å². The average Bonchev–Trinajstić information content (AvgIpc) is 2.45. The van der Waals surface area contributed by atoms with Gasteiger partial charge < -0.3 is 0 Å². The predicted molar refractivity (Wildman–Crippen MR) is 77.9 cm³/mol. The zero-order valence-electron chi connectivity index (χ0n) is 10.7. The highest BCUT2D eigenvalue weighted by molar-refractivity contribution is 6.05. The van der Waals surface area contributed by atoms with E-state index in [2.05, 4.69) is 48.3 Å². The van der Waals surface area contributed by atoms with Crippen LogP contribution in [0.1, 0.15) is 25.3 Å². The third kappa shape index (κ3) is 1.97. The van der Waals surface area contributed by atoms with E-state index >= 15 is 0 Å². The molecule has 18 heavy (non-hydrogen) atoms. The van der Waals surface area contributed by atoms with Crippen molar-refractivity contribution in [2.24, 2.45) is 0 Å². The van der Waals surface area contributed by atoms with E-state index in [1.165, 1.54) is 41.0 Å². The van der Waals surface area contributed by atoms with Crippen LogP contribution in [0.3, 0.4) is 0 Å². The molecule has 0 atom stereocenters. The lowest BCUT2D eigenvalue weighted by atomic mass is 10.0. The summed E-state index contributed by atoms with van der Waals surface area (Å²) in [4.78, 5) is 4.50. The molecule has 0 fully saturated rings. The van der Waals surface area contributed by atoms with Crippen molar-refractivity contribution in [3.05, 3.63) is 54.2 Å². The van der Waals surface area contributed by atoms with E-state index in [1.807, 2.05) is 12.3 Å². The molecule has 0 aliphatic carbocycles. The van der Waals surface area contributed by atoms with Gasteiger partial charge in [-0.2, -0.15) is 0 Å². The van der Waals surface area contributed by atoms with Crippen molar-refractivity contribution in [2.45, 2.75) is 26.2 Å². The molecule has 1 heteroatoms. The summed E-state index contributed by atoms with van der Waals surface area (Å²) in [5, 5.41) is 3.82. The molecule has 1 heterocycles. The van der Waals surface area contributed by atoms with Crippen molar-refractivity contribution in [2.75, 3.05) is 0 Å². The zero-order valence-corrected chi connectivity index (χ0v) is 10.7. The van der Waals surface area contributed by atoms with Crippen LogP contribution in [0.25, 0.3) is 21.7 Å². The minimum absolute atomic E-state index is 1.08. The number of fused-ring (bicyclic) bond motifs is 3. The molecule has 3 rings (SSSR count). The van der Waals surface area contributed by atoms with Gasteiger partial charge in [-0.3, -0.25) is 4.98 Å². The standard InChI is InChI=1S/C17H17N/c1-2-3-6-13-9-10-14-12-18-17-8-5-4-7-15(17)16(14)11-13/h4-5,7-12H,2-3,6H2,1H3. The number of hydrogen-bond donors (Lipinski definition) is 0.